The lowest BCUT2D eigenvalue weighted by Gasteiger charge is -2.26. The highest BCUT2D eigenvalue weighted by Crippen LogP contribution is 2.31. The van der Waals surface area contributed by atoms with Crippen LogP contribution >= 0.6 is 0 Å². The minimum absolute atomic E-state index is 0.488. The number of nitrogen functional groups attached to an aromatic ring is 1. The third-order valence-electron chi connectivity index (χ3n) is 2.78. The molecule has 0 spiro atoms. The highest BCUT2D eigenvalue weighted by Gasteiger charge is 2.26. The molecule has 86 valence electrons. The SMILES string of the molecule is C=CCC(O)(CC=C)c1ccc(C)c(N)c1. The molecule has 0 saturated heterocycles. The van der Waals surface area contributed by atoms with Crippen molar-refractivity contribution in [3.8, 4) is 0 Å². The van der Waals surface area contributed by atoms with Crippen LogP contribution in [0.5, 0.6) is 0 Å². The van der Waals surface area contributed by atoms with Crippen LogP contribution in [0.2, 0.25) is 0 Å². The Morgan fingerprint density at radius 3 is 2.31 bits per heavy atom. The Kier molecular flexibility index (Phi) is 3.91. The van der Waals surface area contributed by atoms with Gasteiger partial charge in [0.05, 0.1) is 5.60 Å². The molecule has 0 radical (unpaired) electrons. The Balaban J connectivity index is 3.14. The molecule has 0 amide bonds. The van der Waals surface area contributed by atoms with Gasteiger partial charge in [0.1, 0.15) is 0 Å². The standard InChI is InChI=1S/C14H19NO/c1-4-8-14(16,9-5-2)12-7-6-11(3)13(15)10-12/h4-7,10,16H,1-2,8-9,15H2,3H3. The van der Waals surface area contributed by atoms with Gasteiger partial charge in [-0.1, -0.05) is 24.3 Å². The summed E-state index contributed by atoms with van der Waals surface area (Å²) >= 11 is 0. The van der Waals surface area contributed by atoms with Crippen LogP contribution in [0.1, 0.15) is 24.0 Å². The van der Waals surface area contributed by atoms with Gasteiger partial charge in [0.25, 0.3) is 0 Å². The molecule has 1 aromatic carbocycles. The number of hydrogen-bond acceptors (Lipinski definition) is 2. The van der Waals surface area contributed by atoms with Crippen molar-refractivity contribution in [2.45, 2.75) is 25.4 Å². The summed E-state index contributed by atoms with van der Waals surface area (Å²) < 4.78 is 0. The molecular formula is C14H19NO. The zero-order valence-electron chi connectivity index (χ0n) is 9.74. The van der Waals surface area contributed by atoms with E-state index < -0.39 is 5.60 Å². The second-order valence-electron chi connectivity index (χ2n) is 4.09. The molecule has 0 aromatic heterocycles. The van der Waals surface area contributed by atoms with Crippen molar-refractivity contribution < 1.29 is 5.11 Å². The second kappa shape index (κ2) is 4.99. The average Bonchev–Trinajstić information content (AvgIpc) is 2.22. The zero-order valence-corrected chi connectivity index (χ0v) is 9.74. The molecule has 0 bridgehead atoms. The minimum atomic E-state index is -0.939. The molecule has 0 aliphatic rings. The lowest BCUT2D eigenvalue weighted by atomic mass is 9.86. The van der Waals surface area contributed by atoms with Crippen molar-refractivity contribution in [1.82, 2.24) is 0 Å². The van der Waals surface area contributed by atoms with Crippen LogP contribution in [0.4, 0.5) is 5.69 Å². The quantitative estimate of drug-likeness (QED) is 0.588. The lowest BCUT2D eigenvalue weighted by molar-refractivity contribution is 0.0430. The highest BCUT2D eigenvalue weighted by molar-refractivity contribution is 5.49. The second-order valence-corrected chi connectivity index (χ2v) is 4.09. The molecule has 0 unspecified atom stereocenters. The summed E-state index contributed by atoms with van der Waals surface area (Å²) in [6.45, 7) is 9.28. The molecule has 0 aliphatic carbocycles. The van der Waals surface area contributed by atoms with Gasteiger partial charge < -0.3 is 10.8 Å². The summed E-state index contributed by atoms with van der Waals surface area (Å²) in [4.78, 5) is 0. The van der Waals surface area contributed by atoms with Crippen LogP contribution in [-0.2, 0) is 5.60 Å². The molecule has 1 aromatic rings. The fourth-order valence-electron chi connectivity index (χ4n) is 1.73. The molecule has 0 atom stereocenters. The van der Waals surface area contributed by atoms with Gasteiger partial charge in [-0.05, 0) is 37.0 Å². The van der Waals surface area contributed by atoms with Crippen LogP contribution in [0.15, 0.2) is 43.5 Å². The van der Waals surface area contributed by atoms with E-state index in [9.17, 15) is 5.11 Å². The van der Waals surface area contributed by atoms with E-state index in [1.165, 1.54) is 0 Å². The number of nitrogens with two attached hydrogens (primary N) is 1. The topological polar surface area (TPSA) is 46.2 Å². The van der Waals surface area contributed by atoms with Gasteiger partial charge in [-0.2, -0.15) is 0 Å². The highest BCUT2D eigenvalue weighted by atomic mass is 16.3. The van der Waals surface area contributed by atoms with E-state index in [4.69, 9.17) is 5.73 Å². The van der Waals surface area contributed by atoms with Crippen molar-refractivity contribution in [3.05, 3.63) is 54.6 Å². The van der Waals surface area contributed by atoms with Crippen molar-refractivity contribution in [3.63, 3.8) is 0 Å². The molecular weight excluding hydrogens is 198 g/mol. The monoisotopic (exact) mass is 217 g/mol. The van der Waals surface area contributed by atoms with Crippen LogP contribution in [0.3, 0.4) is 0 Å². The molecule has 2 nitrogen and oxygen atoms in total. The van der Waals surface area contributed by atoms with Crippen molar-refractivity contribution in [1.29, 1.82) is 0 Å². The Morgan fingerprint density at radius 2 is 1.88 bits per heavy atom. The zero-order chi connectivity index (χ0) is 12.2. The number of rotatable bonds is 5. The number of aliphatic hydroxyl groups is 1. The maximum Gasteiger partial charge on any atom is 0.0965 e. The summed E-state index contributed by atoms with van der Waals surface area (Å²) in [5.74, 6) is 0. The maximum absolute atomic E-state index is 10.5. The Labute approximate surface area is 97.1 Å². The fourth-order valence-corrected chi connectivity index (χ4v) is 1.73. The smallest absolute Gasteiger partial charge is 0.0965 e. The van der Waals surface area contributed by atoms with E-state index in [0.29, 0.717) is 18.5 Å². The van der Waals surface area contributed by atoms with Gasteiger partial charge in [-0.15, -0.1) is 13.2 Å². The van der Waals surface area contributed by atoms with Crippen LogP contribution < -0.4 is 5.73 Å². The lowest BCUT2D eigenvalue weighted by Crippen LogP contribution is -2.24. The van der Waals surface area contributed by atoms with Crippen molar-refractivity contribution in [2.75, 3.05) is 5.73 Å². The summed E-state index contributed by atoms with van der Waals surface area (Å²) in [7, 11) is 0. The van der Waals surface area contributed by atoms with Gasteiger partial charge >= 0.3 is 0 Å². The van der Waals surface area contributed by atoms with E-state index in [1.807, 2.05) is 25.1 Å². The number of hydrogen-bond donors (Lipinski definition) is 2. The van der Waals surface area contributed by atoms with Gasteiger partial charge in [-0.25, -0.2) is 0 Å². The number of aryl methyl sites for hydroxylation is 1. The summed E-state index contributed by atoms with van der Waals surface area (Å²) in [6, 6.07) is 5.64. The molecule has 0 heterocycles. The maximum atomic E-state index is 10.5. The molecule has 0 aliphatic heterocycles. The molecule has 16 heavy (non-hydrogen) atoms. The number of benzene rings is 1. The Hall–Kier alpha value is -1.54. The van der Waals surface area contributed by atoms with Gasteiger partial charge in [-0.3, -0.25) is 0 Å². The molecule has 2 heteroatoms. The first-order valence-corrected chi connectivity index (χ1v) is 5.34. The normalized spacial score (nSPS) is 11.1. The predicted molar refractivity (Wildman–Crippen MR) is 69.1 cm³/mol. The van der Waals surface area contributed by atoms with Crippen LogP contribution in [-0.4, -0.2) is 5.11 Å². The Bertz CT molecular complexity index is 386. The molecule has 3 N–H and O–H groups in total. The first-order valence-electron chi connectivity index (χ1n) is 5.34. The van der Waals surface area contributed by atoms with Gasteiger partial charge in [0.2, 0.25) is 0 Å². The molecule has 1 rings (SSSR count). The minimum Gasteiger partial charge on any atom is -0.399 e. The average molecular weight is 217 g/mol. The third kappa shape index (κ3) is 2.52. The fraction of sp³-hybridized carbons (Fsp3) is 0.286. The van der Waals surface area contributed by atoms with Crippen LogP contribution in [0.25, 0.3) is 0 Å². The molecule has 0 fully saturated rings. The largest absolute Gasteiger partial charge is 0.399 e. The summed E-state index contributed by atoms with van der Waals surface area (Å²) in [5.41, 5.74) is 7.44. The first kappa shape index (κ1) is 12.5. The van der Waals surface area contributed by atoms with E-state index in [1.54, 1.807) is 12.2 Å². The molecule has 0 saturated carbocycles. The van der Waals surface area contributed by atoms with E-state index in [-0.39, 0.29) is 0 Å². The third-order valence-corrected chi connectivity index (χ3v) is 2.78. The van der Waals surface area contributed by atoms with E-state index in [2.05, 4.69) is 13.2 Å². The first-order chi connectivity index (χ1) is 7.53. The van der Waals surface area contributed by atoms with Crippen LogP contribution in [0, 0.1) is 6.92 Å². The van der Waals surface area contributed by atoms with Gasteiger partial charge in [0.15, 0.2) is 0 Å². The predicted octanol–water partition coefficient (Wildman–Crippen LogP) is 2.92. The van der Waals surface area contributed by atoms with E-state index >= 15 is 0 Å². The van der Waals surface area contributed by atoms with Crippen molar-refractivity contribution >= 4 is 5.69 Å². The van der Waals surface area contributed by atoms with Gasteiger partial charge in [0, 0.05) is 5.69 Å². The van der Waals surface area contributed by atoms with Crippen molar-refractivity contribution in [2.24, 2.45) is 0 Å². The number of anilines is 1. The Morgan fingerprint density at radius 1 is 1.31 bits per heavy atom. The van der Waals surface area contributed by atoms with E-state index in [0.717, 1.165) is 11.1 Å². The summed E-state index contributed by atoms with van der Waals surface area (Å²) in [5, 5.41) is 10.5. The summed E-state index contributed by atoms with van der Waals surface area (Å²) in [6.07, 6.45) is 4.39.